The maximum Gasteiger partial charge on any atom is 0.0891 e. The van der Waals surface area contributed by atoms with Crippen LogP contribution in [-0.2, 0) is 11.3 Å². The molecule has 1 aromatic heterocycles. The van der Waals surface area contributed by atoms with Crippen LogP contribution < -0.4 is 5.73 Å². The van der Waals surface area contributed by atoms with Crippen molar-refractivity contribution >= 4 is 0 Å². The van der Waals surface area contributed by atoms with Gasteiger partial charge in [-0.25, -0.2) is 0 Å². The Bertz CT molecular complexity index is 308. The summed E-state index contributed by atoms with van der Waals surface area (Å²) in [5, 5.41) is 0. The minimum Gasteiger partial charge on any atom is -0.372 e. The zero-order valence-corrected chi connectivity index (χ0v) is 8.44. The zero-order chi connectivity index (χ0) is 9.97. The molecule has 76 valence electrons. The standard InChI is InChI=1S/C11H16N2O/c1-8-3-2-4-10(13-8)7-14-11-5-9(12)6-11/h2-4,9,11H,5-7,12H2,1H3. The average Bonchev–Trinajstić information content (AvgIpc) is 2.11. The second kappa shape index (κ2) is 4.07. The molecule has 0 unspecified atom stereocenters. The summed E-state index contributed by atoms with van der Waals surface area (Å²) in [6.07, 6.45) is 2.34. The molecule has 1 fully saturated rings. The van der Waals surface area contributed by atoms with E-state index in [2.05, 4.69) is 4.98 Å². The molecule has 0 radical (unpaired) electrons. The van der Waals surface area contributed by atoms with E-state index in [9.17, 15) is 0 Å². The van der Waals surface area contributed by atoms with E-state index in [1.54, 1.807) is 0 Å². The lowest BCUT2D eigenvalue weighted by atomic mass is 9.90. The lowest BCUT2D eigenvalue weighted by Crippen LogP contribution is -2.41. The molecule has 2 N–H and O–H groups in total. The largest absolute Gasteiger partial charge is 0.372 e. The van der Waals surface area contributed by atoms with Crippen LogP contribution in [-0.4, -0.2) is 17.1 Å². The number of aromatic nitrogens is 1. The van der Waals surface area contributed by atoms with E-state index >= 15 is 0 Å². The molecule has 0 bridgehead atoms. The Morgan fingerprint density at radius 2 is 2.29 bits per heavy atom. The molecule has 14 heavy (non-hydrogen) atoms. The maximum atomic E-state index is 5.67. The van der Waals surface area contributed by atoms with Crippen LogP contribution in [0.15, 0.2) is 18.2 Å². The Hall–Kier alpha value is -0.930. The van der Waals surface area contributed by atoms with E-state index in [1.165, 1.54) is 0 Å². The van der Waals surface area contributed by atoms with E-state index in [4.69, 9.17) is 10.5 Å². The first-order valence-corrected chi connectivity index (χ1v) is 5.04. The fraction of sp³-hybridized carbons (Fsp3) is 0.545. The van der Waals surface area contributed by atoms with Crippen molar-refractivity contribution in [2.24, 2.45) is 5.73 Å². The van der Waals surface area contributed by atoms with Gasteiger partial charge in [-0.15, -0.1) is 0 Å². The SMILES string of the molecule is Cc1cccc(COC2CC(N)C2)n1. The van der Waals surface area contributed by atoms with E-state index in [1.807, 2.05) is 25.1 Å². The van der Waals surface area contributed by atoms with Crippen molar-refractivity contribution in [2.45, 2.75) is 38.5 Å². The third kappa shape index (κ3) is 2.30. The van der Waals surface area contributed by atoms with Crippen LogP contribution in [0.3, 0.4) is 0 Å². The van der Waals surface area contributed by atoms with Gasteiger partial charge < -0.3 is 10.5 Å². The first-order valence-electron chi connectivity index (χ1n) is 5.04. The number of pyridine rings is 1. The summed E-state index contributed by atoms with van der Waals surface area (Å²) in [4.78, 5) is 4.37. The van der Waals surface area contributed by atoms with E-state index in [0.717, 1.165) is 24.2 Å². The second-order valence-corrected chi connectivity index (χ2v) is 3.93. The van der Waals surface area contributed by atoms with Crippen molar-refractivity contribution in [1.82, 2.24) is 4.98 Å². The number of hydrogen-bond donors (Lipinski definition) is 1. The quantitative estimate of drug-likeness (QED) is 0.787. The molecular formula is C11H16N2O. The van der Waals surface area contributed by atoms with Crippen LogP contribution in [0.5, 0.6) is 0 Å². The van der Waals surface area contributed by atoms with Crippen LogP contribution >= 0.6 is 0 Å². The highest BCUT2D eigenvalue weighted by atomic mass is 16.5. The minimum absolute atomic E-state index is 0.352. The van der Waals surface area contributed by atoms with Crippen LogP contribution in [0.1, 0.15) is 24.2 Å². The summed E-state index contributed by atoms with van der Waals surface area (Å²) in [7, 11) is 0. The van der Waals surface area contributed by atoms with Gasteiger partial charge in [0.15, 0.2) is 0 Å². The highest BCUT2D eigenvalue weighted by Crippen LogP contribution is 2.22. The molecule has 2 rings (SSSR count). The highest BCUT2D eigenvalue weighted by Gasteiger charge is 2.26. The molecule has 0 spiro atoms. The Morgan fingerprint density at radius 1 is 1.50 bits per heavy atom. The predicted molar refractivity (Wildman–Crippen MR) is 54.8 cm³/mol. The zero-order valence-electron chi connectivity index (χ0n) is 8.44. The third-order valence-electron chi connectivity index (χ3n) is 2.54. The van der Waals surface area contributed by atoms with Crippen LogP contribution in [0.25, 0.3) is 0 Å². The summed E-state index contributed by atoms with van der Waals surface area (Å²) >= 11 is 0. The summed E-state index contributed by atoms with van der Waals surface area (Å²) in [5.41, 5.74) is 7.71. The van der Waals surface area contributed by atoms with E-state index in [-0.39, 0.29) is 0 Å². The monoisotopic (exact) mass is 192 g/mol. The fourth-order valence-electron chi connectivity index (χ4n) is 1.63. The summed E-state index contributed by atoms with van der Waals surface area (Å²) in [6, 6.07) is 6.34. The van der Waals surface area contributed by atoms with Crippen molar-refractivity contribution in [3.63, 3.8) is 0 Å². The molecule has 1 aliphatic carbocycles. The van der Waals surface area contributed by atoms with Crippen LogP contribution in [0.2, 0.25) is 0 Å². The second-order valence-electron chi connectivity index (χ2n) is 3.93. The van der Waals surface area contributed by atoms with Crippen molar-refractivity contribution in [3.8, 4) is 0 Å². The number of nitrogens with two attached hydrogens (primary N) is 1. The average molecular weight is 192 g/mol. The van der Waals surface area contributed by atoms with Crippen molar-refractivity contribution in [3.05, 3.63) is 29.6 Å². The topological polar surface area (TPSA) is 48.1 Å². The summed E-state index contributed by atoms with van der Waals surface area (Å²) < 4.78 is 5.65. The summed E-state index contributed by atoms with van der Waals surface area (Å²) in [6.45, 7) is 2.60. The molecule has 1 heterocycles. The molecule has 0 saturated heterocycles. The van der Waals surface area contributed by atoms with Gasteiger partial charge in [0.05, 0.1) is 18.4 Å². The molecule has 0 aliphatic heterocycles. The molecule has 0 aromatic carbocycles. The maximum absolute atomic E-state index is 5.67. The smallest absolute Gasteiger partial charge is 0.0891 e. The number of nitrogens with zero attached hydrogens (tertiary/aromatic N) is 1. The van der Waals surface area contributed by atoms with Gasteiger partial charge in [-0.1, -0.05) is 6.07 Å². The van der Waals surface area contributed by atoms with Crippen LogP contribution in [0, 0.1) is 6.92 Å². The van der Waals surface area contributed by atoms with E-state index < -0.39 is 0 Å². The van der Waals surface area contributed by atoms with Gasteiger partial charge in [0.1, 0.15) is 0 Å². The highest BCUT2D eigenvalue weighted by molar-refractivity contribution is 5.09. The first-order chi connectivity index (χ1) is 6.74. The van der Waals surface area contributed by atoms with Crippen molar-refractivity contribution < 1.29 is 4.74 Å². The molecule has 3 nitrogen and oxygen atoms in total. The molecule has 3 heteroatoms. The van der Waals surface area contributed by atoms with Crippen molar-refractivity contribution in [1.29, 1.82) is 0 Å². The lowest BCUT2D eigenvalue weighted by Gasteiger charge is -2.32. The van der Waals surface area contributed by atoms with Gasteiger partial charge >= 0.3 is 0 Å². The minimum atomic E-state index is 0.352. The Morgan fingerprint density at radius 3 is 2.93 bits per heavy atom. The molecule has 0 atom stereocenters. The number of aryl methyl sites for hydroxylation is 1. The number of rotatable bonds is 3. The summed E-state index contributed by atoms with van der Waals surface area (Å²) in [5.74, 6) is 0. The van der Waals surface area contributed by atoms with Gasteiger partial charge in [0.2, 0.25) is 0 Å². The number of ether oxygens (including phenoxy) is 1. The molecule has 1 saturated carbocycles. The van der Waals surface area contributed by atoms with Gasteiger partial charge in [-0.3, -0.25) is 4.98 Å². The van der Waals surface area contributed by atoms with Gasteiger partial charge in [0.25, 0.3) is 0 Å². The Kier molecular flexibility index (Phi) is 2.79. The number of hydrogen-bond acceptors (Lipinski definition) is 3. The van der Waals surface area contributed by atoms with Crippen molar-refractivity contribution in [2.75, 3.05) is 0 Å². The molecule has 0 amide bonds. The fourth-order valence-corrected chi connectivity index (χ4v) is 1.63. The van der Waals surface area contributed by atoms with Crippen LogP contribution in [0.4, 0.5) is 0 Å². The predicted octanol–water partition coefficient (Wildman–Crippen LogP) is 1.40. The van der Waals surface area contributed by atoms with Gasteiger partial charge in [0, 0.05) is 11.7 Å². The molecule has 1 aromatic rings. The Labute approximate surface area is 84.3 Å². The molecule has 1 aliphatic rings. The van der Waals surface area contributed by atoms with Gasteiger partial charge in [-0.2, -0.15) is 0 Å². The van der Waals surface area contributed by atoms with E-state index in [0.29, 0.717) is 18.8 Å². The molecular weight excluding hydrogens is 176 g/mol. The first kappa shape index (κ1) is 9.62. The van der Waals surface area contributed by atoms with Gasteiger partial charge in [-0.05, 0) is 31.9 Å². The normalized spacial score (nSPS) is 25.9. The lowest BCUT2D eigenvalue weighted by molar-refractivity contribution is -0.0202. The Balaban J connectivity index is 1.80. The third-order valence-corrected chi connectivity index (χ3v) is 2.54.